The topological polar surface area (TPSA) is 49.8 Å². The largest absolute Gasteiger partial charge is 0.481 e. The Morgan fingerprint density at radius 3 is 2.35 bits per heavy atom. The normalized spacial score (nSPS) is 19.3. The minimum Gasteiger partial charge on any atom is -0.481 e. The number of benzene rings is 1. The van der Waals surface area contributed by atoms with E-state index in [1.807, 2.05) is 6.07 Å². The van der Waals surface area contributed by atoms with Gasteiger partial charge in [0.15, 0.2) is 12.2 Å². The van der Waals surface area contributed by atoms with Crippen LogP contribution in [0.25, 0.3) is 0 Å². The van der Waals surface area contributed by atoms with Crippen LogP contribution >= 0.6 is 0 Å². The van der Waals surface area contributed by atoms with Crippen LogP contribution in [0.5, 0.6) is 5.75 Å². The molecule has 0 saturated carbocycles. The van der Waals surface area contributed by atoms with E-state index in [0.717, 1.165) is 0 Å². The molecular weight excluding hydrogens is 311 g/mol. The molecule has 1 aliphatic heterocycles. The minimum atomic E-state index is -4.61. The van der Waals surface area contributed by atoms with Gasteiger partial charge in [-0.05, 0) is 37.8 Å². The van der Waals surface area contributed by atoms with E-state index < -0.39 is 24.3 Å². The van der Waals surface area contributed by atoms with Crippen molar-refractivity contribution in [3.8, 4) is 5.75 Å². The number of aliphatic hydroxyl groups excluding tert-OH is 1. The highest BCUT2D eigenvalue weighted by Gasteiger charge is 2.44. The molecule has 1 saturated heterocycles. The Bertz CT molecular complexity index is 513. The second-order valence-electron chi connectivity index (χ2n) is 5.72. The van der Waals surface area contributed by atoms with Crippen molar-refractivity contribution in [3.63, 3.8) is 0 Å². The van der Waals surface area contributed by atoms with Crippen molar-refractivity contribution < 1.29 is 27.8 Å². The SMILES string of the molecule is CC(Oc1ccccc1)C(=O)N1CCC(C(O)C(F)(F)F)CC1. The maximum absolute atomic E-state index is 12.5. The lowest BCUT2D eigenvalue weighted by atomic mass is 9.90. The van der Waals surface area contributed by atoms with Gasteiger partial charge in [-0.2, -0.15) is 13.2 Å². The number of aliphatic hydroxyl groups is 1. The third kappa shape index (κ3) is 4.60. The molecule has 0 radical (unpaired) electrons. The fraction of sp³-hybridized carbons (Fsp3) is 0.562. The molecule has 1 aromatic rings. The Morgan fingerprint density at radius 2 is 1.83 bits per heavy atom. The number of ether oxygens (including phenoxy) is 1. The zero-order valence-corrected chi connectivity index (χ0v) is 12.8. The lowest BCUT2D eigenvalue weighted by Crippen LogP contribution is -2.48. The Kier molecular flexibility index (Phi) is 5.51. The summed E-state index contributed by atoms with van der Waals surface area (Å²) in [5, 5.41) is 9.29. The molecule has 2 unspecified atom stereocenters. The van der Waals surface area contributed by atoms with E-state index in [2.05, 4.69) is 0 Å². The highest BCUT2D eigenvalue weighted by atomic mass is 19.4. The number of alkyl halides is 3. The predicted molar refractivity (Wildman–Crippen MR) is 77.9 cm³/mol. The Hall–Kier alpha value is -1.76. The first-order valence-electron chi connectivity index (χ1n) is 7.54. The van der Waals surface area contributed by atoms with Gasteiger partial charge in [-0.1, -0.05) is 18.2 Å². The number of carbonyl (C=O) groups is 1. The fourth-order valence-corrected chi connectivity index (χ4v) is 2.71. The lowest BCUT2D eigenvalue weighted by Gasteiger charge is -2.35. The first-order chi connectivity index (χ1) is 10.8. The molecule has 128 valence electrons. The molecule has 0 aliphatic carbocycles. The maximum atomic E-state index is 12.5. The van der Waals surface area contributed by atoms with Crippen LogP contribution in [0.4, 0.5) is 13.2 Å². The van der Waals surface area contributed by atoms with E-state index in [1.54, 1.807) is 31.2 Å². The van der Waals surface area contributed by atoms with Gasteiger partial charge in [0.2, 0.25) is 0 Å². The van der Waals surface area contributed by atoms with Crippen molar-refractivity contribution in [2.45, 2.75) is 38.1 Å². The van der Waals surface area contributed by atoms with Gasteiger partial charge in [0.1, 0.15) is 5.75 Å². The highest BCUT2D eigenvalue weighted by Crippen LogP contribution is 2.31. The maximum Gasteiger partial charge on any atom is 0.414 e. The summed E-state index contributed by atoms with van der Waals surface area (Å²) in [6.45, 7) is 2.00. The first-order valence-corrected chi connectivity index (χ1v) is 7.54. The number of halogens is 3. The number of carbonyl (C=O) groups excluding carboxylic acids is 1. The Labute approximate surface area is 132 Å². The summed E-state index contributed by atoms with van der Waals surface area (Å²) in [5.74, 6) is -0.547. The van der Waals surface area contributed by atoms with Crippen molar-refractivity contribution >= 4 is 5.91 Å². The average molecular weight is 331 g/mol. The van der Waals surface area contributed by atoms with E-state index in [-0.39, 0.29) is 31.8 Å². The molecule has 1 N–H and O–H groups in total. The summed E-state index contributed by atoms with van der Waals surface area (Å²) in [5.41, 5.74) is 0. The molecule has 1 heterocycles. The van der Waals surface area contributed by atoms with Crippen LogP contribution in [-0.4, -0.2) is 47.4 Å². The summed E-state index contributed by atoms with van der Waals surface area (Å²) < 4.78 is 43.1. The molecule has 0 spiro atoms. The number of hydrogen-bond acceptors (Lipinski definition) is 3. The van der Waals surface area contributed by atoms with Gasteiger partial charge in [-0.3, -0.25) is 4.79 Å². The molecule has 0 bridgehead atoms. The average Bonchev–Trinajstić information content (AvgIpc) is 2.53. The zero-order chi connectivity index (χ0) is 17.0. The summed E-state index contributed by atoms with van der Waals surface area (Å²) >= 11 is 0. The van der Waals surface area contributed by atoms with Gasteiger partial charge < -0.3 is 14.7 Å². The molecule has 23 heavy (non-hydrogen) atoms. The van der Waals surface area contributed by atoms with Crippen molar-refractivity contribution in [3.05, 3.63) is 30.3 Å². The molecule has 1 fully saturated rings. The quantitative estimate of drug-likeness (QED) is 0.923. The van der Waals surface area contributed by atoms with Gasteiger partial charge in [0, 0.05) is 13.1 Å². The minimum absolute atomic E-state index is 0.129. The molecule has 1 amide bonds. The number of nitrogens with zero attached hydrogens (tertiary/aromatic N) is 1. The molecule has 4 nitrogen and oxygen atoms in total. The number of hydrogen-bond donors (Lipinski definition) is 1. The first kappa shape index (κ1) is 17.6. The van der Waals surface area contributed by atoms with E-state index in [1.165, 1.54) is 4.90 Å². The number of rotatable bonds is 4. The lowest BCUT2D eigenvalue weighted by molar-refractivity contribution is -0.223. The van der Waals surface area contributed by atoms with E-state index >= 15 is 0 Å². The second-order valence-corrected chi connectivity index (χ2v) is 5.72. The van der Waals surface area contributed by atoms with Crippen LogP contribution in [0, 0.1) is 5.92 Å². The van der Waals surface area contributed by atoms with Crippen LogP contribution in [0.1, 0.15) is 19.8 Å². The number of likely N-dealkylation sites (tertiary alicyclic amines) is 1. The summed E-state index contributed by atoms with van der Waals surface area (Å²) in [6.07, 6.45) is -7.38. The highest BCUT2D eigenvalue weighted by molar-refractivity contribution is 5.81. The molecule has 1 aliphatic rings. The van der Waals surface area contributed by atoms with Crippen molar-refractivity contribution in [1.29, 1.82) is 0 Å². The van der Waals surface area contributed by atoms with Crippen LogP contribution in [-0.2, 0) is 4.79 Å². The summed E-state index contributed by atoms with van der Waals surface area (Å²) in [4.78, 5) is 13.8. The Balaban J connectivity index is 1.86. The van der Waals surface area contributed by atoms with Crippen LogP contribution in [0.15, 0.2) is 30.3 Å². The third-order valence-electron chi connectivity index (χ3n) is 4.04. The van der Waals surface area contributed by atoms with Crippen LogP contribution in [0.2, 0.25) is 0 Å². The van der Waals surface area contributed by atoms with Crippen molar-refractivity contribution in [1.82, 2.24) is 4.90 Å². The van der Waals surface area contributed by atoms with E-state index in [4.69, 9.17) is 4.74 Å². The van der Waals surface area contributed by atoms with Crippen molar-refractivity contribution in [2.24, 2.45) is 5.92 Å². The third-order valence-corrected chi connectivity index (χ3v) is 4.04. The van der Waals surface area contributed by atoms with Gasteiger partial charge in [-0.25, -0.2) is 0 Å². The van der Waals surface area contributed by atoms with Gasteiger partial charge in [-0.15, -0.1) is 0 Å². The standard InChI is InChI=1S/C16H20F3NO3/c1-11(23-13-5-3-2-4-6-13)15(22)20-9-7-12(8-10-20)14(21)16(17,18)19/h2-6,11-12,14,21H,7-10H2,1H3. The smallest absolute Gasteiger partial charge is 0.414 e. The Morgan fingerprint density at radius 1 is 1.26 bits per heavy atom. The molecule has 2 rings (SSSR count). The zero-order valence-electron chi connectivity index (χ0n) is 12.8. The summed E-state index contributed by atoms with van der Waals surface area (Å²) in [7, 11) is 0. The molecular formula is C16H20F3NO3. The van der Waals surface area contributed by atoms with Gasteiger partial charge in [0.05, 0.1) is 0 Å². The second kappa shape index (κ2) is 7.21. The molecule has 0 aromatic heterocycles. The van der Waals surface area contributed by atoms with E-state index in [0.29, 0.717) is 5.75 Å². The molecule has 2 atom stereocenters. The van der Waals surface area contributed by atoms with Gasteiger partial charge >= 0.3 is 6.18 Å². The summed E-state index contributed by atoms with van der Waals surface area (Å²) in [6, 6.07) is 8.87. The number of piperidine rings is 1. The van der Waals surface area contributed by atoms with Crippen LogP contribution < -0.4 is 4.74 Å². The predicted octanol–water partition coefficient (Wildman–Crippen LogP) is 2.62. The van der Waals surface area contributed by atoms with Crippen molar-refractivity contribution in [2.75, 3.05) is 13.1 Å². The molecule has 1 aromatic carbocycles. The fourth-order valence-electron chi connectivity index (χ4n) is 2.71. The monoisotopic (exact) mass is 331 g/mol. The molecule has 7 heteroatoms. The number of amides is 1. The van der Waals surface area contributed by atoms with Gasteiger partial charge in [0.25, 0.3) is 5.91 Å². The number of para-hydroxylation sites is 1. The van der Waals surface area contributed by atoms with Crippen LogP contribution in [0.3, 0.4) is 0 Å². The van der Waals surface area contributed by atoms with E-state index in [9.17, 15) is 23.1 Å².